The fourth-order valence-electron chi connectivity index (χ4n) is 5.10. The third kappa shape index (κ3) is 5.02. The molecule has 1 aliphatic heterocycles. The van der Waals surface area contributed by atoms with Crippen LogP contribution in [-0.4, -0.2) is 71.7 Å². The molecular weight excluding hydrogens is 494 g/mol. The molecule has 1 unspecified atom stereocenters. The van der Waals surface area contributed by atoms with E-state index in [1.54, 1.807) is 16.8 Å². The van der Waals surface area contributed by atoms with E-state index >= 15 is 0 Å². The van der Waals surface area contributed by atoms with E-state index in [1.807, 2.05) is 43.8 Å². The van der Waals surface area contributed by atoms with Crippen LogP contribution in [0.5, 0.6) is 0 Å². The molecule has 0 saturated carbocycles. The summed E-state index contributed by atoms with van der Waals surface area (Å²) in [6, 6.07) is 11.4. The fraction of sp³-hybridized carbons (Fsp3) is 0.393. The van der Waals surface area contributed by atoms with E-state index in [4.69, 9.17) is 20.7 Å². The molecule has 0 amide bonds. The number of fused-ring (bicyclic) bond motifs is 2. The SMILES string of the molecule is CC.Cc1nn(C(C)c2cc3ccccn3c2-c2ccc(=O)n(CCN3CCOCC3)n2)c2ncnc(N)c12. The summed E-state index contributed by atoms with van der Waals surface area (Å²) in [6.45, 7) is 12.4. The normalized spacial score (nSPS) is 14.9. The lowest BCUT2D eigenvalue weighted by atomic mass is 10.1. The number of nitrogens with two attached hydrogens (primary N) is 1. The molecule has 0 aromatic carbocycles. The predicted molar refractivity (Wildman–Crippen MR) is 152 cm³/mol. The van der Waals surface area contributed by atoms with Crippen LogP contribution in [0.3, 0.4) is 0 Å². The van der Waals surface area contributed by atoms with Crippen LogP contribution in [0.25, 0.3) is 27.9 Å². The van der Waals surface area contributed by atoms with Crippen LogP contribution >= 0.6 is 0 Å². The molecule has 1 fully saturated rings. The molecule has 2 N–H and O–H groups in total. The molecule has 5 aromatic heterocycles. The number of pyridine rings is 1. The zero-order chi connectivity index (χ0) is 27.5. The van der Waals surface area contributed by atoms with Gasteiger partial charge in [0.15, 0.2) is 5.65 Å². The third-order valence-corrected chi connectivity index (χ3v) is 7.06. The van der Waals surface area contributed by atoms with Gasteiger partial charge in [0.1, 0.15) is 17.8 Å². The summed E-state index contributed by atoms with van der Waals surface area (Å²) in [7, 11) is 0. The molecule has 6 rings (SSSR count). The van der Waals surface area contributed by atoms with Crippen molar-refractivity contribution >= 4 is 22.4 Å². The Kier molecular flexibility index (Phi) is 7.71. The monoisotopic (exact) mass is 529 g/mol. The second-order valence-electron chi connectivity index (χ2n) is 9.34. The number of hydrogen-bond donors (Lipinski definition) is 1. The Morgan fingerprint density at radius 3 is 2.64 bits per heavy atom. The summed E-state index contributed by atoms with van der Waals surface area (Å²) in [5.41, 5.74) is 11.2. The standard InChI is InChI=1S/C26H29N9O2.C2H6/c1-17-23-25(27)28-16-29-26(23)35(30-17)18(2)20-15-19-5-3-4-8-33(19)24(20)21-6-7-22(36)34(31-21)10-9-32-11-13-37-14-12-32;1-2/h3-8,15-16,18H,9-14H2,1-2H3,(H2,27,28,29);1-2H3. The van der Waals surface area contributed by atoms with E-state index in [0.29, 0.717) is 18.0 Å². The van der Waals surface area contributed by atoms with Crippen LogP contribution in [0.2, 0.25) is 0 Å². The van der Waals surface area contributed by atoms with Gasteiger partial charge in [-0.05, 0) is 38.1 Å². The van der Waals surface area contributed by atoms with Crippen molar-refractivity contribution in [3.8, 4) is 11.4 Å². The van der Waals surface area contributed by atoms with Crippen molar-refractivity contribution in [3.63, 3.8) is 0 Å². The van der Waals surface area contributed by atoms with Crippen LogP contribution in [0.4, 0.5) is 5.82 Å². The molecule has 11 nitrogen and oxygen atoms in total. The Bertz CT molecular complexity index is 1650. The van der Waals surface area contributed by atoms with Crippen molar-refractivity contribution in [1.82, 2.24) is 38.8 Å². The van der Waals surface area contributed by atoms with Crippen molar-refractivity contribution in [1.29, 1.82) is 0 Å². The fourth-order valence-corrected chi connectivity index (χ4v) is 5.10. The Morgan fingerprint density at radius 2 is 1.85 bits per heavy atom. The Morgan fingerprint density at radius 1 is 1.05 bits per heavy atom. The molecule has 0 spiro atoms. The molecule has 1 atom stereocenters. The second-order valence-corrected chi connectivity index (χ2v) is 9.34. The van der Waals surface area contributed by atoms with E-state index in [2.05, 4.69) is 38.3 Å². The topological polar surface area (TPSA) is 121 Å². The van der Waals surface area contributed by atoms with E-state index in [1.165, 1.54) is 6.33 Å². The van der Waals surface area contributed by atoms with E-state index in [-0.39, 0.29) is 11.6 Å². The van der Waals surface area contributed by atoms with E-state index < -0.39 is 0 Å². The molecule has 39 heavy (non-hydrogen) atoms. The van der Waals surface area contributed by atoms with Gasteiger partial charge in [0.25, 0.3) is 5.56 Å². The lowest BCUT2D eigenvalue weighted by molar-refractivity contribution is 0.0358. The summed E-state index contributed by atoms with van der Waals surface area (Å²) in [4.78, 5) is 23.6. The summed E-state index contributed by atoms with van der Waals surface area (Å²) in [5, 5.41) is 10.4. The summed E-state index contributed by atoms with van der Waals surface area (Å²) in [5.74, 6) is 0.414. The molecule has 0 aliphatic carbocycles. The highest BCUT2D eigenvalue weighted by Gasteiger charge is 2.24. The number of nitrogens with zero attached hydrogens (tertiary/aromatic N) is 8. The average molecular weight is 530 g/mol. The van der Waals surface area contributed by atoms with Gasteiger partial charge in [-0.2, -0.15) is 10.2 Å². The molecule has 204 valence electrons. The average Bonchev–Trinajstić information content (AvgIpc) is 3.53. The molecule has 0 bridgehead atoms. The minimum atomic E-state index is -0.184. The zero-order valence-electron chi connectivity index (χ0n) is 22.9. The maximum Gasteiger partial charge on any atom is 0.266 e. The molecule has 11 heteroatoms. The van der Waals surface area contributed by atoms with Gasteiger partial charge >= 0.3 is 0 Å². The highest BCUT2D eigenvalue weighted by Crippen LogP contribution is 2.34. The van der Waals surface area contributed by atoms with Crippen LogP contribution < -0.4 is 11.3 Å². The van der Waals surface area contributed by atoms with Gasteiger partial charge in [-0.3, -0.25) is 9.69 Å². The van der Waals surface area contributed by atoms with Gasteiger partial charge in [0.2, 0.25) is 0 Å². The smallest absolute Gasteiger partial charge is 0.266 e. The first kappa shape index (κ1) is 26.5. The Hall–Kier alpha value is -4.09. The van der Waals surface area contributed by atoms with Crippen molar-refractivity contribution < 1.29 is 4.74 Å². The van der Waals surface area contributed by atoms with Crippen LogP contribution in [0, 0.1) is 6.92 Å². The Balaban J connectivity index is 0.00000151. The number of aromatic nitrogens is 7. The van der Waals surface area contributed by atoms with Crippen LogP contribution in [0.15, 0.2) is 53.7 Å². The van der Waals surface area contributed by atoms with Crippen LogP contribution in [-0.2, 0) is 11.3 Å². The van der Waals surface area contributed by atoms with Gasteiger partial charge in [-0.15, -0.1) is 0 Å². The third-order valence-electron chi connectivity index (χ3n) is 7.06. The number of rotatable bonds is 6. The summed E-state index contributed by atoms with van der Waals surface area (Å²) >= 11 is 0. The predicted octanol–water partition coefficient (Wildman–Crippen LogP) is 3.16. The minimum absolute atomic E-state index is 0.117. The molecule has 5 aromatic rings. The molecule has 1 aliphatic rings. The van der Waals surface area contributed by atoms with Crippen molar-refractivity contribution in [3.05, 3.63) is 70.5 Å². The highest BCUT2D eigenvalue weighted by molar-refractivity contribution is 5.88. The van der Waals surface area contributed by atoms with Crippen molar-refractivity contribution in [2.75, 3.05) is 38.6 Å². The summed E-state index contributed by atoms with van der Waals surface area (Å²) < 4.78 is 11.0. The van der Waals surface area contributed by atoms with Gasteiger partial charge in [-0.25, -0.2) is 19.3 Å². The maximum absolute atomic E-state index is 12.7. The van der Waals surface area contributed by atoms with Crippen LogP contribution in [0.1, 0.15) is 38.1 Å². The number of anilines is 1. The first-order valence-corrected chi connectivity index (χ1v) is 13.4. The van der Waals surface area contributed by atoms with E-state index in [9.17, 15) is 4.79 Å². The highest BCUT2D eigenvalue weighted by atomic mass is 16.5. The lowest BCUT2D eigenvalue weighted by Gasteiger charge is -2.26. The Labute approximate surface area is 226 Å². The molecule has 1 saturated heterocycles. The zero-order valence-corrected chi connectivity index (χ0v) is 22.9. The largest absolute Gasteiger partial charge is 0.383 e. The minimum Gasteiger partial charge on any atom is -0.383 e. The first-order chi connectivity index (χ1) is 19.0. The molecular formula is C28H35N9O2. The van der Waals surface area contributed by atoms with Crippen molar-refractivity contribution in [2.24, 2.45) is 0 Å². The van der Waals surface area contributed by atoms with Gasteiger partial charge < -0.3 is 14.9 Å². The molecule has 6 heterocycles. The second kappa shape index (κ2) is 11.3. The number of morpholine rings is 1. The van der Waals surface area contributed by atoms with Gasteiger partial charge in [0.05, 0.1) is 42.6 Å². The lowest BCUT2D eigenvalue weighted by Crippen LogP contribution is -2.39. The number of nitrogen functional groups attached to an aromatic ring is 1. The number of ether oxygens (including phenoxy) is 1. The molecule has 0 radical (unpaired) electrons. The number of aryl methyl sites for hydroxylation is 1. The van der Waals surface area contributed by atoms with Gasteiger partial charge in [0, 0.05) is 43.0 Å². The first-order valence-electron chi connectivity index (χ1n) is 13.4. The quantitative estimate of drug-likeness (QED) is 0.356. The summed E-state index contributed by atoms with van der Waals surface area (Å²) in [6.07, 6.45) is 3.48. The maximum atomic E-state index is 12.7. The van der Waals surface area contributed by atoms with E-state index in [0.717, 1.165) is 66.4 Å². The number of hydrogen-bond acceptors (Lipinski definition) is 8. The van der Waals surface area contributed by atoms with Crippen molar-refractivity contribution in [2.45, 2.75) is 40.3 Å². The van der Waals surface area contributed by atoms with Gasteiger partial charge in [-0.1, -0.05) is 19.9 Å².